The molecular weight excluding hydrogens is 412 g/mol. The molecule has 7 heteroatoms. The van der Waals surface area contributed by atoms with Crippen LogP contribution in [0.2, 0.25) is 0 Å². The number of rotatable bonds is 7. The number of hydrogen-bond acceptors (Lipinski definition) is 4. The Balaban J connectivity index is 1.65. The number of amides is 1. The van der Waals surface area contributed by atoms with Crippen LogP contribution in [0.3, 0.4) is 0 Å². The molecule has 1 amide bonds. The molecule has 0 aliphatic rings. The number of anilines is 2. The van der Waals surface area contributed by atoms with Gasteiger partial charge in [0.05, 0.1) is 10.6 Å². The molecule has 3 aromatic carbocycles. The summed E-state index contributed by atoms with van der Waals surface area (Å²) >= 11 is 0. The summed E-state index contributed by atoms with van der Waals surface area (Å²) in [6.07, 6.45) is -0.715. The van der Waals surface area contributed by atoms with Gasteiger partial charge in [-0.05, 0) is 75.2 Å². The van der Waals surface area contributed by atoms with Crippen LogP contribution >= 0.6 is 0 Å². The first-order valence-corrected chi connectivity index (χ1v) is 11.4. The third kappa shape index (κ3) is 5.64. The number of benzene rings is 3. The topological polar surface area (TPSA) is 84.5 Å². The lowest BCUT2D eigenvalue weighted by Crippen LogP contribution is -2.30. The van der Waals surface area contributed by atoms with Crippen molar-refractivity contribution in [2.45, 2.75) is 38.7 Å². The zero-order chi connectivity index (χ0) is 22.6. The van der Waals surface area contributed by atoms with Crippen molar-refractivity contribution < 1.29 is 17.9 Å². The molecule has 0 radical (unpaired) electrons. The van der Waals surface area contributed by atoms with Crippen molar-refractivity contribution in [3.8, 4) is 5.75 Å². The average molecular weight is 439 g/mol. The van der Waals surface area contributed by atoms with Crippen molar-refractivity contribution >= 4 is 27.3 Å². The first-order chi connectivity index (χ1) is 14.7. The maximum absolute atomic E-state index is 12.6. The van der Waals surface area contributed by atoms with Crippen molar-refractivity contribution in [2.75, 3.05) is 10.0 Å². The van der Waals surface area contributed by atoms with E-state index in [1.165, 1.54) is 12.1 Å². The molecule has 0 aliphatic heterocycles. The van der Waals surface area contributed by atoms with E-state index in [2.05, 4.69) is 10.0 Å². The molecule has 0 spiro atoms. The van der Waals surface area contributed by atoms with Gasteiger partial charge >= 0.3 is 0 Å². The Morgan fingerprint density at radius 3 is 2.23 bits per heavy atom. The Hall–Kier alpha value is -3.32. The molecule has 0 aliphatic carbocycles. The highest BCUT2D eigenvalue weighted by Crippen LogP contribution is 2.22. The lowest BCUT2D eigenvalue weighted by molar-refractivity contribution is -0.122. The quantitative estimate of drug-likeness (QED) is 0.554. The van der Waals surface area contributed by atoms with Crippen molar-refractivity contribution in [1.29, 1.82) is 0 Å². The molecular formula is C24H26N2O4S. The Bertz CT molecular complexity index is 1190. The largest absolute Gasteiger partial charge is 0.481 e. The minimum absolute atomic E-state index is 0.105. The summed E-state index contributed by atoms with van der Waals surface area (Å²) < 4.78 is 33.6. The second kappa shape index (κ2) is 9.22. The molecule has 1 atom stereocenters. The van der Waals surface area contributed by atoms with E-state index in [1.54, 1.807) is 31.2 Å². The van der Waals surface area contributed by atoms with Crippen LogP contribution < -0.4 is 14.8 Å². The number of carbonyl (C=O) groups excluding carboxylic acids is 1. The Labute approximate surface area is 183 Å². The molecule has 3 rings (SSSR count). The van der Waals surface area contributed by atoms with E-state index in [9.17, 15) is 13.2 Å². The Kier molecular flexibility index (Phi) is 6.65. The van der Waals surface area contributed by atoms with E-state index >= 15 is 0 Å². The summed E-state index contributed by atoms with van der Waals surface area (Å²) in [6.45, 7) is 7.42. The van der Waals surface area contributed by atoms with Gasteiger partial charge in [-0.25, -0.2) is 8.42 Å². The summed E-state index contributed by atoms with van der Waals surface area (Å²) in [5, 5.41) is 2.75. The maximum Gasteiger partial charge on any atom is 0.265 e. The van der Waals surface area contributed by atoms with Crippen LogP contribution in [-0.2, 0) is 14.8 Å². The van der Waals surface area contributed by atoms with E-state index in [4.69, 9.17) is 4.74 Å². The van der Waals surface area contributed by atoms with Crippen LogP contribution in [0.25, 0.3) is 0 Å². The number of nitrogens with one attached hydrogen (secondary N) is 2. The zero-order valence-corrected chi connectivity index (χ0v) is 18.8. The molecule has 31 heavy (non-hydrogen) atoms. The first-order valence-electron chi connectivity index (χ1n) is 9.89. The van der Waals surface area contributed by atoms with Gasteiger partial charge < -0.3 is 10.1 Å². The van der Waals surface area contributed by atoms with Crippen LogP contribution in [-0.4, -0.2) is 20.4 Å². The van der Waals surface area contributed by atoms with E-state index in [1.807, 2.05) is 51.1 Å². The van der Waals surface area contributed by atoms with Gasteiger partial charge in [0.1, 0.15) is 5.75 Å². The van der Waals surface area contributed by atoms with E-state index in [-0.39, 0.29) is 10.8 Å². The van der Waals surface area contributed by atoms with Crippen molar-refractivity contribution in [3.63, 3.8) is 0 Å². The van der Waals surface area contributed by atoms with Crippen molar-refractivity contribution in [3.05, 3.63) is 83.4 Å². The molecule has 162 valence electrons. The number of sulfonamides is 1. The molecule has 0 heterocycles. The van der Waals surface area contributed by atoms with Gasteiger partial charge in [0.15, 0.2) is 6.10 Å². The second-order valence-corrected chi connectivity index (χ2v) is 9.15. The average Bonchev–Trinajstić information content (AvgIpc) is 2.72. The monoisotopic (exact) mass is 438 g/mol. The van der Waals surface area contributed by atoms with Gasteiger partial charge in [0, 0.05) is 5.69 Å². The molecule has 0 saturated carbocycles. The summed E-state index contributed by atoms with van der Waals surface area (Å²) in [6, 6.07) is 18.9. The fourth-order valence-corrected chi connectivity index (χ4v) is 4.16. The molecule has 0 fully saturated rings. The minimum atomic E-state index is -3.73. The van der Waals surface area contributed by atoms with E-state index in [0.717, 1.165) is 16.7 Å². The fourth-order valence-electron chi connectivity index (χ4n) is 3.03. The predicted octanol–water partition coefficient (Wildman–Crippen LogP) is 4.82. The van der Waals surface area contributed by atoms with Gasteiger partial charge in [-0.1, -0.05) is 35.9 Å². The number of carbonyl (C=O) groups is 1. The maximum atomic E-state index is 12.6. The molecule has 0 aromatic heterocycles. The molecule has 0 saturated heterocycles. The Morgan fingerprint density at radius 2 is 1.58 bits per heavy atom. The summed E-state index contributed by atoms with van der Waals surface area (Å²) in [5.41, 5.74) is 3.91. The summed E-state index contributed by atoms with van der Waals surface area (Å²) in [5.74, 6) is 0.325. The predicted molar refractivity (Wildman–Crippen MR) is 123 cm³/mol. The van der Waals surface area contributed by atoms with Gasteiger partial charge in [0.25, 0.3) is 15.9 Å². The highest BCUT2D eigenvalue weighted by molar-refractivity contribution is 7.92. The third-order valence-electron chi connectivity index (χ3n) is 4.82. The van der Waals surface area contributed by atoms with Crippen molar-refractivity contribution in [2.24, 2.45) is 0 Å². The number of para-hydroxylation sites is 1. The minimum Gasteiger partial charge on any atom is -0.481 e. The molecule has 2 N–H and O–H groups in total. The molecule has 0 unspecified atom stereocenters. The van der Waals surface area contributed by atoms with Crippen molar-refractivity contribution in [1.82, 2.24) is 0 Å². The van der Waals surface area contributed by atoms with Crippen LogP contribution in [0.5, 0.6) is 5.75 Å². The first kappa shape index (κ1) is 22.4. The fraction of sp³-hybridized carbons (Fsp3) is 0.208. The summed E-state index contributed by atoms with van der Waals surface area (Å²) in [4.78, 5) is 12.6. The van der Waals surface area contributed by atoms with Crippen LogP contribution in [0.4, 0.5) is 11.4 Å². The highest BCUT2D eigenvalue weighted by Gasteiger charge is 2.18. The van der Waals surface area contributed by atoms with Gasteiger partial charge in [-0.3, -0.25) is 9.52 Å². The normalized spacial score (nSPS) is 12.1. The van der Waals surface area contributed by atoms with Gasteiger partial charge in [-0.15, -0.1) is 0 Å². The second-order valence-electron chi connectivity index (χ2n) is 7.46. The highest BCUT2D eigenvalue weighted by atomic mass is 32.2. The molecule has 0 bridgehead atoms. The number of ether oxygens (including phenoxy) is 1. The van der Waals surface area contributed by atoms with Crippen LogP contribution in [0.15, 0.2) is 71.6 Å². The molecule has 3 aromatic rings. The van der Waals surface area contributed by atoms with Crippen LogP contribution in [0, 0.1) is 20.8 Å². The van der Waals surface area contributed by atoms with E-state index in [0.29, 0.717) is 17.1 Å². The zero-order valence-electron chi connectivity index (χ0n) is 18.0. The van der Waals surface area contributed by atoms with Gasteiger partial charge in [0.2, 0.25) is 0 Å². The lowest BCUT2D eigenvalue weighted by atomic mass is 10.1. The van der Waals surface area contributed by atoms with Crippen LogP contribution in [0.1, 0.15) is 23.6 Å². The SMILES string of the molecule is Cc1ccc(O[C@@H](C)C(=O)Nc2ccc(S(=O)(=O)Nc3ccccc3C)cc2)c(C)c1. The smallest absolute Gasteiger partial charge is 0.265 e. The number of aryl methyl sites for hydroxylation is 3. The third-order valence-corrected chi connectivity index (χ3v) is 6.21. The molecule has 6 nitrogen and oxygen atoms in total. The number of hydrogen-bond donors (Lipinski definition) is 2. The Morgan fingerprint density at radius 1 is 0.903 bits per heavy atom. The van der Waals surface area contributed by atoms with E-state index < -0.39 is 16.1 Å². The van der Waals surface area contributed by atoms with Gasteiger partial charge in [-0.2, -0.15) is 0 Å². The standard InChI is InChI=1S/C24H26N2O4S/c1-16-9-14-23(18(3)15-16)30-19(4)24(27)25-20-10-12-21(13-11-20)31(28,29)26-22-8-6-5-7-17(22)2/h5-15,19,26H,1-4H3,(H,25,27)/t19-/m0/s1. The lowest BCUT2D eigenvalue weighted by Gasteiger charge is -2.17. The summed E-state index contributed by atoms with van der Waals surface area (Å²) in [7, 11) is -3.73.